The highest BCUT2D eigenvalue weighted by Crippen LogP contribution is 2.66. The predicted octanol–water partition coefficient (Wildman–Crippen LogP) is 4.54. The normalized spacial score (nSPS) is 48.3. The summed E-state index contributed by atoms with van der Waals surface area (Å²) >= 11 is 0. The zero-order chi connectivity index (χ0) is 17.1. The molecule has 2 fully saturated rings. The number of allylic oxidation sites excluding steroid dienone is 4. The van der Waals surface area contributed by atoms with Crippen molar-refractivity contribution in [2.24, 2.45) is 40.4 Å². The maximum absolute atomic E-state index is 11.9. The molecule has 0 bridgehead atoms. The van der Waals surface area contributed by atoms with Crippen molar-refractivity contribution in [1.29, 1.82) is 0 Å². The van der Waals surface area contributed by atoms with Crippen molar-refractivity contribution in [1.82, 2.24) is 0 Å². The fraction of sp³-hybridized carbons (Fsp3) is 0.773. The van der Waals surface area contributed by atoms with Gasteiger partial charge in [-0.3, -0.25) is 4.79 Å². The molecule has 4 aliphatic rings. The maximum Gasteiger partial charge on any atom is 0.156 e. The van der Waals surface area contributed by atoms with Gasteiger partial charge in [0.25, 0.3) is 0 Å². The molecule has 2 nitrogen and oxygen atoms in total. The van der Waals surface area contributed by atoms with Gasteiger partial charge in [0.2, 0.25) is 0 Å². The first-order valence-corrected chi connectivity index (χ1v) is 9.94. The quantitative estimate of drug-likeness (QED) is 0.808. The molecule has 0 radical (unpaired) electrons. The highest BCUT2D eigenvalue weighted by Gasteiger charge is 2.58. The summed E-state index contributed by atoms with van der Waals surface area (Å²) in [5, 5.41) is 9.70. The summed E-state index contributed by atoms with van der Waals surface area (Å²) < 4.78 is 0. The lowest BCUT2D eigenvalue weighted by atomic mass is 9.48. The van der Waals surface area contributed by atoms with Gasteiger partial charge in [0.15, 0.2) is 5.78 Å². The fourth-order valence-electron chi connectivity index (χ4n) is 7.10. The third-order valence-corrected chi connectivity index (χ3v) is 8.56. The van der Waals surface area contributed by atoms with Gasteiger partial charge in [-0.2, -0.15) is 0 Å². The van der Waals surface area contributed by atoms with E-state index in [1.54, 1.807) is 0 Å². The first kappa shape index (κ1) is 16.6. The van der Waals surface area contributed by atoms with Gasteiger partial charge in [0.1, 0.15) is 0 Å². The number of aliphatic hydroxyl groups is 1. The monoisotopic (exact) mass is 328 g/mol. The lowest BCUT2D eigenvalue weighted by molar-refractivity contribution is -0.116. The molecule has 0 aliphatic heterocycles. The lowest BCUT2D eigenvalue weighted by Gasteiger charge is -2.56. The van der Waals surface area contributed by atoms with Crippen molar-refractivity contribution < 1.29 is 9.90 Å². The molecule has 0 amide bonds. The van der Waals surface area contributed by atoms with Crippen molar-refractivity contribution in [2.75, 3.05) is 6.61 Å². The molecule has 132 valence electrons. The van der Waals surface area contributed by atoms with Crippen LogP contribution in [0.1, 0.15) is 59.3 Å². The third kappa shape index (κ3) is 2.14. The van der Waals surface area contributed by atoms with Crippen molar-refractivity contribution in [3.05, 3.63) is 23.8 Å². The Kier molecular flexibility index (Phi) is 3.84. The minimum Gasteiger partial charge on any atom is -0.396 e. The summed E-state index contributed by atoms with van der Waals surface area (Å²) in [5.74, 6) is 3.51. The number of hydrogen-bond acceptors (Lipinski definition) is 2. The van der Waals surface area contributed by atoms with E-state index in [9.17, 15) is 9.90 Å². The van der Waals surface area contributed by atoms with E-state index in [0.717, 1.165) is 18.8 Å². The average Bonchev–Trinajstić information content (AvgIpc) is 2.92. The number of carbonyl (C=O) groups is 1. The average molecular weight is 328 g/mol. The van der Waals surface area contributed by atoms with Gasteiger partial charge in [0.05, 0.1) is 0 Å². The highest BCUT2D eigenvalue weighted by atomic mass is 16.3. The number of rotatable bonds is 2. The number of hydrogen-bond donors (Lipinski definition) is 1. The summed E-state index contributed by atoms with van der Waals surface area (Å²) in [6.07, 6.45) is 13.6. The van der Waals surface area contributed by atoms with Crippen LogP contribution in [0.25, 0.3) is 0 Å². The second-order valence-corrected chi connectivity index (χ2v) is 9.52. The minimum absolute atomic E-state index is 0.204. The Balaban J connectivity index is 1.68. The van der Waals surface area contributed by atoms with E-state index in [-0.39, 0.29) is 5.41 Å². The molecule has 2 saturated carbocycles. The van der Waals surface area contributed by atoms with Crippen molar-refractivity contribution >= 4 is 5.78 Å². The van der Waals surface area contributed by atoms with Crippen LogP contribution >= 0.6 is 0 Å². The van der Waals surface area contributed by atoms with Gasteiger partial charge in [-0.1, -0.05) is 32.9 Å². The molecule has 0 spiro atoms. The first-order chi connectivity index (χ1) is 11.4. The number of carbonyl (C=O) groups excluding carboxylic acids is 1. The zero-order valence-corrected chi connectivity index (χ0v) is 15.4. The van der Waals surface area contributed by atoms with Crippen LogP contribution in [0.5, 0.6) is 0 Å². The Morgan fingerprint density at radius 1 is 1.21 bits per heavy atom. The third-order valence-electron chi connectivity index (χ3n) is 8.56. The van der Waals surface area contributed by atoms with Crippen LogP contribution in [0.15, 0.2) is 23.8 Å². The van der Waals surface area contributed by atoms with Gasteiger partial charge in [-0.25, -0.2) is 0 Å². The van der Waals surface area contributed by atoms with E-state index in [1.807, 2.05) is 6.08 Å². The first-order valence-electron chi connectivity index (χ1n) is 9.94. The Morgan fingerprint density at radius 2 is 2.00 bits per heavy atom. The van der Waals surface area contributed by atoms with Gasteiger partial charge in [0, 0.05) is 13.0 Å². The Hall–Kier alpha value is -0.890. The smallest absolute Gasteiger partial charge is 0.156 e. The van der Waals surface area contributed by atoms with Crippen molar-refractivity contribution in [2.45, 2.75) is 59.3 Å². The van der Waals surface area contributed by atoms with Crippen LogP contribution in [0, 0.1) is 40.4 Å². The van der Waals surface area contributed by atoms with Crippen LogP contribution in [-0.2, 0) is 4.79 Å². The van der Waals surface area contributed by atoms with Crippen LogP contribution in [0.2, 0.25) is 0 Å². The van der Waals surface area contributed by atoms with E-state index < -0.39 is 0 Å². The molecular formula is C22H32O2. The van der Waals surface area contributed by atoms with E-state index in [4.69, 9.17) is 0 Å². The molecule has 2 heteroatoms. The number of ketones is 1. The summed E-state index contributed by atoms with van der Waals surface area (Å²) in [5.41, 5.74) is 1.88. The molecule has 4 rings (SSSR count). The SMILES string of the molecule is C[C@H](CO)C1CCC2C3C=CC4=CC(=O)CC[C@]4(C)C3CC[C@@]21C. The molecule has 24 heavy (non-hydrogen) atoms. The topological polar surface area (TPSA) is 37.3 Å². The molecule has 4 unspecified atom stereocenters. The van der Waals surface area contributed by atoms with Crippen LogP contribution < -0.4 is 0 Å². The second kappa shape index (κ2) is 5.56. The van der Waals surface area contributed by atoms with Crippen molar-refractivity contribution in [3.8, 4) is 0 Å². The summed E-state index contributed by atoms with van der Waals surface area (Å²) in [6.45, 7) is 7.47. The van der Waals surface area contributed by atoms with E-state index in [0.29, 0.717) is 41.5 Å². The Labute approximate surface area is 146 Å². The van der Waals surface area contributed by atoms with Gasteiger partial charge >= 0.3 is 0 Å². The van der Waals surface area contributed by atoms with E-state index in [1.165, 1.54) is 31.3 Å². The van der Waals surface area contributed by atoms with Crippen LogP contribution in [0.3, 0.4) is 0 Å². The van der Waals surface area contributed by atoms with Crippen LogP contribution in [0.4, 0.5) is 0 Å². The summed E-state index contributed by atoms with van der Waals surface area (Å²) in [4.78, 5) is 11.9. The fourth-order valence-corrected chi connectivity index (χ4v) is 7.10. The molecule has 0 saturated heterocycles. The summed E-state index contributed by atoms with van der Waals surface area (Å²) in [7, 11) is 0. The van der Waals surface area contributed by atoms with Gasteiger partial charge in [-0.05, 0) is 84.2 Å². The predicted molar refractivity (Wildman–Crippen MR) is 96.4 cm³/mol. The highest BCUT2D eigenvalue weighted by molar-refractivity contribution is 5.92. The van der Waals surface area contributed by atoms with Crippen molar-refractivity contribution in [3.63, 3.8) is 0 Å². The zero-order valence-electron chi connectivity index (χ0n) is 15.4. The molecule has 0 aromatic carbocycles. The number of aliphatic hydroxyl groups excluding tert-OH is 1. The minimum atomic E-state index is 0.204. The lowest BCUT2D eigenvalue weighted by Crippen LogP contribution is -2.49. The Bertz CT molecular complexity index is 603. The van der Waals surface area contributed by atoms with Gasteiger partial charge in [-0.15, -0.1) is 0 Å². The molecule has 4 aliphatic carbocycles. The van der Waals surface area contributed by atoms with Gasteiger partial charge < -0.3 is 5.11 Å². The number of fused-ring (bicyclic) bond motifs is 5. The molecule has 0 aromatic heterocycles. The van der Waals surface area contributed by atoms with Crippen LogP contribution in [-0.4, -0.2) is 17.5 Å². The summed E-state index contributed by atoms with van der Waals surface area (Å²) in [6, 6.07) is 0. The molecule has 1 N–H and O–H groups in total. The molecule has 0 heterocycles. The molecular weight excluding hydrogens is 296 g/mol. The standard InChI is InChI=1S/C22H32O2/c1-14(13-23)18-6-7-19-17-5-4-15-12-16(24)8-10-21(15,2)20(17)9-11-22(18,19)3/h4-5,12,14,17-20,23H,6-11,13H2,1-3H3/t14-,17?,18?,19?,20?,21+,22-/m1/s1. The van der Waals surface area contributed by atoms with E-state index >= 15 is 0 Å². The molecule has 0 aromatic rings. The maximum atomic E-state index is 11.9. The molecule has 7 atom stereocenters. The second-order valence-electron chi connectivity index (χ2n) is 9.52. The van der Waals surface area contributed by atoms with E-state index in [2.05, 4.69) is 32.9 Å². The largest absolute Gasteiger partial charge is 0.396 e. The Morgan fingerprint density at radius 3 is 2.75 bits per heavy atom.